The number of aryl methyl sites for hydroxylation is 2. The van der Waals surface area contributed by atoms with Gasteiger partial charge in [-0.2, -0.15) is 0 Å². The van der Waals surface area contributed by atoms with E-state index in [-0.39, 0.29) is 33.0 Å². The van der Waals surface area contributed by atoms with Crippen LogP contribution < -0.4 is 4.72 Å². The first-order chi connectivity index (χ1) is 8.81. The van der Waals surface area contributed by atoms with Crippen LogP contribution in [0.4, 0.5) is 5.13 Å². The molecule has 1 N–H and O–H groups in total. The van der Waals surface area contributed by atoms with Gasteiger partial charge in [-0.1, -0.05) is 5.16 Å². The van der Waals surface area contributed by atoms with Crippen molar-refractivity contribution in [2.24, 2.45) is 0 Å². The third-order valence-corrected chi connectivity index (χ3v) is 4.79. The molecule has 19 heavy (non-hydrogen) atoms. The number of carbonyl (C=O) groups is 1. The first kappa shape index (κ1) is 13.7. The van der Waals surface area contributed by atoms with Gasteiger partial charge in [-0.05, 0) is 13.8 Å². The van der Waals surface area contributed by atoms with Gasteiger partial charge in [-0.3, -0.25) is 9.52 Å². The molecule has 0 aliphatic carbocycles. The Balaban J connectivity index is 2.34. The van der Waals surface area contributed by atoms with Crippen molar-refractivity contribution in [2.75, 3.05) is 4.72 Å². The summed E-state index contributed by atoms with van der Waals surface area (Å²) in [6.07, 6.45) is 0. The van der Waals surface area contributed by atoms with Crippen LogP contribution in [0.2, 0.25) is 0 Å². The summed E-state index contributed by atoms with van der Waals surface area (Å²) in [7, 11) is -3.81. The zero-order valence-corrected chi connectivity index (χ0v) is 12.1. The maximum atomic E-state index is 12.2. The molecule has 2 aromatic heterocycles. The van der Waals surface area contributed by atoms with E-state index >= 15 is 0 Å². The summed E-state index contributed by atoms with van der Waals surface area (Å²) >= 11 is 1.04. The van der Waals surface area contributed by atoms with Gasteiger partial charge in [0, 0.05) is 12.3 Å². The van der Waals surface area contributed by atoms with Crippen LogP contribution in [0.1, 0.15) is 28.9 Å². The second-order valence-electron chi connectivity index (χ2n) is 3.85. The number of nitrogens with zero attached hydrogens (tertiary/aromatic N) is 2. The zero-order chi connectivity index (χ0) is 14.2. The van der Waals surface area contributed by atoms with Gasteiger partial charge in [-0.15, -0.1) is 11.3 Å². The quantitative estimate of drug-likeness (QED) is 0.863. The largest absolute Gasteiger partial charge is 0.360 e. The number of Topliss-reactive ketones (excluding diaryl/α,β-unsaturated/α-hetero) is 1. The molecule has 0 bridgehead atoms. The van der Waals surface area contributed by atoms with E-state index in [1.165, 1.54) is 26.2 Å². The Morgan fingerprint density at radius 3 is 2.58 bits per heavy atom. The van der Waals surface area contributed by atoms with E-state index in [2.05, 4.69) is 14.9 Å². The summed E-state index contributed by atoms with van der Waals surface area (Å²) in [5, 5.41) is 5.22. The molecule has 2 heterocycles. The third kappa shape index (κ3) is 2.66. The lowest BCUT2D eigenvalue weighted by Crippen LogP contribution is -2.14. The lowest BCUT2D eigenvalue weighted by atomic mass is 10.4. The highest BCUT2D eigenvalue weighted by Crippen LogP contribution is 2.24. The summed E-state index contributed by atoms with van der Waals surface area (Å²) < 4.78 is 31.4. The normalized spacial score (nSPS) is 11.5. The minimum Gasteiger partial charge on any atom is -0.360 e. The number of carbonyl (C=O) groups excluding carboxylic acids is 1. The van der Waals surface area contributed by atoms with E-state index in [9.17, 15) is 13.2 Å². The molecule has 0 amide bonds. The van der Waals surface area contributed by atoms with E-state index in [0.29, 0.717) is 0 Å². The van der Waals surface area contributed by atoms with Crippen molar-refractivity contribution in [3.63, 3.8) is 0 Å². The summed E-state index contributed by atoms with van der Waals surface area (Å²) in [6.45, 7) is 4.41. The van der Waals surface area contributed by atoms with Gasteiger partial charge < -0.3 is 4.52 Å². The monoisotopic (exact) mass is 301 g/mol. The van der Waals surface area contributed by atoms with Crippen molar-refractivity contribution >= 4 is 32.3 Å². The van der Waals surface area contributed by atoms with Gasteiger partial charge in [0.05, 0.1) is 0 Å². The third-order valence-electron chi connectivity index (χ3n) is 2.32. The van der Waals surface area contributed by atoms with Gasteiger partial charge in [0.1, 0.15) is 11.4 Å². The molecule has 0 unspecified atom stereocenters. The van der Waals surface area contributed by atoms with Crippen LogP contribution in [0, 0.1) is 13.8 Å². The molecule has 0 aliphatic rings. The number of aromatic nitrogens is 2. The van der Waals surface area contributed by atoms with E-state index in [4.69, 9.17) is 4.52 Å². The maximum Gasteiger partial charge on any atom is 0.269 e. The molecule has 0 saturated carbocycles. The molecule has 2 rings (SSSR count). The van der Waals surface area contributed by atoms with Gasteiger partial charge in [-0.25, -0.2) is 13.4 Å². The Morgan fingerprint density at radius 2 is 2.11 bits per heavy atom. The fraction of sp³-hybridized carbons (Fsp3) is 0.300. The summed E-state index contributed by atoms with van der Waals surface area (Å²) in [5.41, 5.74) is 0.495. The number of hydrogen-bond donors (Lipinski definition) is 1. The molecule has 0 atom stereocenters. The predicted molar refractivity (Wildman–Crippen MR) is 68.9 cm³/mol. The molecule has 102 valence electrons. The molecule has 0 saturated heterocycles. The molecule has 2 aromatic rings. The van der Waals surface area contributed by atoms with Crippen molar-refractivity contribution in [3.8, 4) is 0 Å². The maximum absolute atomic E-state index is 12.2. The van der Waals surface area contributed by atoms with Gasteiger partial charge in [0.2, 0.25) is 0 Å². The highest BCUT2D eigenvalue weighted by atomic mass is 32.2. The SMILES string of the molecule is CC(=O)c1csc(NS(=O)(=O)c2c(C)noc2C)n1. The van der Waals surface area contributed by atoms with Crippen LogP contribution in [-0.2, 0) is 10.0 Å². The molecular formula is C10H11N3O4S2. The molecule has 7 nitrogen and oxygen atoms in total. The van der Waals surface area contributed by atoms with Crippen molar-refractivity contribution in [2.45, 2.75) is 25.7 Å². The highest BCUT2D eigenvalue weighted by Gasteiger charge is 2.25. The van der Waals surface area contributed by atoms with Crippen LogP contribution >= 0.6 is 11.3 Å². The average molecular weight is 301 g/mol. The molecule has 0 aliphatic heterocycles. The van der Waals surface area contributed by atoms with Gasteiger partial charge >= 0.3 is 0 Å². The van der Waals surface area contributed by atoms with E-state index < -0.39 is 10.0 Å². The van der Waals surface area contributed by atoms with Gasteiger partial charge in [0.15, 0.2) is 21.6 Å². The molecule has 0 radical (unpaired) electrons. The van der Waals surface area contributed by atoms with E-state index in [1.54, 1.807) is 0 Å². The fourth-order valence-electron chi connectivity index (χ4n) is 1.51. The second kappa shape index (κ2) is 4.74. The second-order valence-corrected chi connectivity index (χ2v) is 6.33. The topological polar surface area (TPSA) is 102 Å². The summed E-state index contributed by atoms with van der Waals surface area (Å²) in [4.78, 5) is 15.0. The Morgan fingerprint density at radius 1 is 1.42 bits per heavy atom. The summed E-state index contributed by atoms with van der Waals surface area (Å²) in [5.74, 6) is -0.0209. The number of sulfonamides is 1. The van der Waals surface area contributed by atoms with E-state index in [0.717, 1.165) is 11.3 Å². The van der Waals surface area contributed by atoms with Gasteiger partial charge in [0.25, 0.3) is 10.0 Å². The van der Waals surface area contributed by atoms with Crippen LogP contribution in [-0.4, -0.2) is 24.3 Å². The Bertz CT molecular complexity index is 710. The smallest absolute Gasteiger partial charge is 0.269 e. The standard InChI is InChI=1S/C10H11N3O4S2/c1-5-9(7(3)17-12-5)19(15,16)13-10-11-8(4-18-10)6(2)14/h4H,1-3H3,(H,11,13). The van der Waals surface area contributed by atoms with Crippen LogP contribution in [0.25, 0.3) is 0 Å². The number of anilines is 1. The number of rotatable bonds is 4. The Hall–Kier alpha value is -1.74. The fourth-order valence-corrected chi connectivity index (χ4v) is 3.84. The number of ketones is 1. The van der Waals surface area contributed by atoms with Crippen molar-refractivity contribution in [3.05, 3.63) is 22.5 Å². The molecule has 0 spiro atoms. The lowest BCUT2D eigenvalue weighted by Gasteiger charge is -2.03. The predicted octanol–water partition coefficient (Wildman–Crippen LogP) is 1.75. The van der Waals surface area contributed by atoms with Crippen molar-refractivity contribution < 1.29 is 17.7 Å². The molecular weight excluding hydrogens is 290 g/mol. The average Bonchev–Trinajstić information content (AvgIpc) is 2.85. The number of hydrogen-bond acceptors (Lipinski definition) is 7. The van der Waals surface area contributed by atoms with Crippen LogP contribution in [0.5, 0.6) is 0 Å². The van der Waals surface area contributed by atoms with Crippen molar-refractivity contribution in [1.29, 1.82) is 0 Å². The minimum absolute atomic E-state index is 0.00734. The van der Waals surface area contributed by atoms with Crippen LogP contribution in [0.3, 0.4) is 0 Å². The zero-order valence-electron chi connectivity index (χ0n) is 10.4. The van der Waals surface area contributed by atoms with E-state index in [1.807, 2.05) is 0 Å². The first-order valence-electron chi connectivity index (χ1n) is 5.23. The number of thiazole rings is 1. The minimum atomic E-state index is -3.81. The molecule has 9 heteroatoms. The lowest BCUT2D eigenvalue weighted by molar-refractivity contribution is 0.101. The van der Waals surface area contributed by atoms with Crippen molar-refractivity contribution in [1.82, 2.24) is 10.1 Å². The highest BCUT2D eigenvalue weighted by molar-refractivity contribution is 7.93. The van der Waals surface area contributed by atoms with Crippen LogP contribution in [0.15, 0.2) is 14.8 Å². The molecule has 0 aromatic carbocycles. The molecule has 0 fully saturated rings. The Kier molecular flexibility index (Phi) is 3.42. The first-order valence-corrected chi connectivity index (χ1v) is 7.59. The Labute approximate surface area is 113 Å². The summed E-state index contributed by atoms with van der Waals surface area (Å²) in [6, 6.07) is 0. The number of nitrogens with one attached hydrogen (secondary N) is 1.